The molecule has 0 saturated carbocycles. The number of para-hydroxylation sites is 1. The van der Waals surface area contributed by atoms with E-state index < -0.39 is 0 Å². The third-order valence-electron chi connectivity index (χ3n) is 2.91. The lowest BCUT2D eigenvalue weighted by molar-refractivity contribution is 0.616. The summed E-state index contributed by atoms with van der Waals surface area (Å²) in [5.41, 5.74) is 2.75. The van der Waals surface area contributed by atoms with Crippen molar-refractivity contribution in [2.75, 3.05) is 11.1 Å². The molecule has 3 heteroatoms. The van der Waals surface area contributed by atoms with Crippen LogP contribution in [0.3, 0.4) is 0 Å². The quantitative estimate of drug-likeness (QED) is 0.782. The average Bonchev–Trinajstić information content (AvgIpc) is 2.42. The highest BCUT2D eigenvalue weighted by molar-refractivity contribution is 7.99. The van der Waals surface area contributed by atoms with E-state index in [9.17, 15) is 4.39 Å². The highest BCUT2D eigenvalue weighted by Gasteiger charge is 2.03. The van der Waals surface area contributed by atoms with Gasteiger partial charge in [-0.3, -0.25) is 0 Å². The van der Waals surface area contributed by atoms with Crippen molar-refractivity contribution in [3.63, 3.8) is 0 Å². The van der Waals surface area contributed by atoms with Gasteiger partial charge in [-0.2, -0.15) is 0 Å². The third kappa shape index (κ3) is 3.74. The summed E-state index contributed by atoms with van der Waals surface area (Å²) in [6.07, 6.45) is 0. The van der Waals surface area contributed by atoms with Gasteiger partial charge in [0.1, 0.15) is 5.82 Å². The van der Waals surface area contributed by atoms with Crippen LogP contribution in [-0.4, -0.2) is 5.75 Å². The Hall–Kier alpha value is -1.48. The standard InChI is InChI=1S/C16H18FNS/c1-3-19-16-7-5-4-6-15(16)18-11-13-9-8-12(2)14(17)10-13/h4-10,18H,3,11H2,1-2H3. The average molecular weight is 275 g/mol. The first-order valence-corrected chi connectivity index (χ1v) is 7.40. The molecular formula is C16H18FNS. The third-order valence-corrected chi connectivity index (χ3v) is 3.86. The van der Waals surface area contributed by atoms with Gasteiger partial charge in [-0.25, -0.2) is 4.39 Å². The Morgan fingerprint density at radius 2 is 1.95 bits per heavy atom. The second-order valence-corrected chi connectivity index (χ2v) is 5.67. The molecule has 1 N–H and O–H groups in total. The van der Waals surface area contributed by atoms with Crippen LogP contribution in [0.2, 0.25) is 0 Å². The Morgan fingerprint density at radius 3 is 2.68 bits per heavy atom. The van der Waals surface area contributed by atoms with E-state index in [1.54, 1.807) is 24.8 Å². The van der Waals surface area contributed by atoms with Crippen LogP contribution in [0, 0.1) is 12.7 Å². The first-order valence-electron chi connectivity index (χ1n) is 6.41. The molecule has 2 aromatic carbocycles. The van der Waals surface area contributed by atoms with Crippen LogP contribution in [0.5, 0.6) is 0 Å². The summed E-state index contributed by atoms with van der Waals surface area (Å²) < 4.78 is 13.5. The van der Waals surface area contributed by atoms with Crippen LogP contribution >= 0.6 is 11.8 Å². The van der Waals surface area contributed by atoms with E-state index in [-0.39, 0.29) is 5.82 Å². The number of nitrogens with one attached hydrogen (secondary N) is 1. The molecule has 0 aromatic heterocycles. The zero-order valence-electron chi connectivity index (χ0n) is 11.2. The molecule has 0 aliphatic carbocycles. The zero-order valence-corrected chi connectivity index (χ0v) is 12.1. The number of halogens is 1. The largest absolute Gasteiger partial charge is 0.380 e. The number of hydrogen-bond donors (Lipinski definition) is 1. The molecule has 2 rings (SSSR count). The molecular weight excluding hydrogens is 257 g/mol. The molecule has 0 atom stereocenters. The molecule has 0 saturated heterocycles. The molecule has 0 bridgehead atoms. The monoisotopic (exact) mass is 275 g/mol. The highest BCUT2D eigenvalue weighted by Crippen LogP contribution is 2.27. The molecule has 0 aliphatic heterocycles. The summed E-state index contributed by atoms with van der Waals surface area (Å²) in [5.74, 6) is 0.896. The number of anilines is 1. The van der Waals surface area contributed by atoms with Crippen molar-refractivity contribution in [3.05, 3.63) is 59.4 Å². The molecule has 0 aliphatic rings. The molecule has 0 amide bonds. The topological polar surface area (TPSA) is 12.0 Å². The summed E-state index contributed by atoms with van der Waals surface area (Å²) in [7, 11) is 0. The number of thioether (sulfide) groups is 1. The predicted octanol–water partition coefficient (Wildman–Crippen LogP) is 4.86. The van der Waals surface area contributed by atoms with Gasteiger partial charge in [0.25, 0.3) is 0 Å². The predicted molar refractivity (Wildman–Crippen MR) is 81.3 cm³/mol. The first-order chi connectivity index (χ1) is 9.20. The van der Waals surface area contributed by atoms with Gasteiger partial charge in [-0.15, -0.1) is 11.8 Å². The van der Waals surface area contributed by atoms with E-state index in [0.717, 1.165) is 17.0 Å². The van der Waals surface area contributed by atoms with Crippen LogP contribution in [0.4, 0.5) is 10.1 Å². The van der Waals surface area contributed by atoms with Gasteiger partial charge in [-0.05, 0) is 42.0 Å². The Balaban J connectivity index is 2.07. The van der Waals surface area contributed by atoms with Crippen molar-refractivity contribution >= 4 is 17.4 Å². The maximum absolute atomic E-state index is 13.5. The minimum Gasteiger partial charge on any atom is -0.380 e. The second kappa shape index (κ2) is 6.62. The van der Waals surface area contributed by atoms with Gasteiger partial charge in [0.05, 0.1) is 0 Å². The zero-order chi connectivity index (χ0) is 13.7. The summed E-state index contributed by atoms with van der Waals surface area (Å²) in [4.78, 5) is 1.23. The van der Waals surface area contributed by atoms with Crippen LogP contribution in [-0.2, 0) is 6.54 Å². The van der Waals surface area contributed by atoms with E-state index in [2.05, 4.69) is 24.4 Å². The molecule has 1 nitrogen and oxygen atoms in total. The molecule has 0 heterocycles. The number of aryl methyl sites for hydroxylation is 1. The Morgan fingerprint density at radius 1 is 1.16 bits per heavy atom. The molecule has 2 aromatic rings. The van der Waals surface area contributed by atoms with Crippen LogP contribution < -0.4 is 5.32 Å². The van der Waals surface area contributed by atoms with Gasteiger partial charge < -0.3 is 5.32 Å². The van der Waals surface area contributed by atoms with Crippen LogP contribution in [0.15, 0.2) is 47.4 Å². The summed E-state index contributed by atoms with van der Waals surface area (Å²) in [5, 5.41) is 3.37. The minimum atomic E-state index is -0.143. The first kappa shape index (κ1) is 13.9. The molecule has 19 heavy (non-hydrogen) atoms. The highest BCUT2D eigenvalue weighted by atomic mass is 32.2. The summed E-state index contributed by atoms with van der Waals surface area (Å²) in [6, 6.07) is 13.6. The molecule has 0 unspecified atom stereocenters. The lowest BCUT2D eigenvalue weighted by atomic mass is 10.1. The molecule has 0 radical (unpaired) electrons. The fourth-order valence-corrected chi connectivity index (χ4v) is 2.62. The maximum atomic E-state index is 13.5. The Bertz CT molecular complexity index is 554. The van der Waals surface area contributed by atoms with Gasteiger partial charge in [0, 0.05) is 17.1 Å². The number of rotatable bonds is 5. The Labute approximate surface area is 118 Å². The minimum absolute atomic E-state index is 0.143. The number of benzene rings is 2. The molecule has 0 fully saturated rings. The van der Waals surface area contributed by atoms with Gasteiger partial charge in [-0.1, -0.05) is 31.2 Å². The van der Waals surface area contributed by atoms with Crippen LogP contribution in [0.1, 0.15) is 18.1 Å². The van der Waals surface area contributed by atoms with Crippen molar-refractivity contribution in [2.45, 2.75) is 25.3 Å². The van der Waals surface area contributed by atoms with Gasteiger partial charge >= 0.3 is 0 Å². The summed E-state index contributed by atoms with van der Waals surface area (Å²) in [6.45, 7) is 4.55. The fraction of sp³-hybridized carbons (Fsp3) is 0.250. The summed E-state index contributed by atoms with van der Waals surface area (Å²) >= 11 is 1.81. The van der Waals surface area contributed by atoms with E-state index in [1.165, 1.54) is 4.90 Å². The van der Waals surface area contributed by atoms with E-state index in [0.29, 0.717) is 12.1 Å². The molecule has 100 valence electrons. The van der Waals surface area contributed by atoms with Crippen molar-refractivity contribution in [1.82, 2.24) is 0 Å². The van der Waals surface area contributed by atoms with E-state index in [1.807, 2.05) is 24.3 Å². The van der Waals surface area contributed by atoms with Gasteiger partial charge in [0.2, 0.25) is 0 Å². The Kier molecular flexibility index (Phi) is 4.86. The normalized spacial score (nSPS) is 10.5. The van der Waals surface area contributed by atoms with Gasteiger partial charge in [0.15, 0.2) is 0 Å². The van der Waals surface area contributed by atoms with Crippen molar-refractivity contribution in [2.24, 2.45) is 0 Å². The second-order valence-electron chi connectivity index (χ2n) is 4.37. The van der Waals surface area contributed by atoms with Crippen molar-refractivity contribution in [3.8, 4) is 0 Å². The van der Waals surface area contributed by atoms with Crippen molar-refractivity contribution in [1.29, 1.82) is 0 Å². The SMILES string of the molecule is CCSc1ccccc1NCc1ccc(C)c(F)c1. The maximum Gasteiger partial charge on any atom is 0.126 e. The van der Waals surface area contributed by atoms with Crippen LogP contribution in [0.25, 0.3) is 0 Å². The van der Waals surface area contributed by atoms with E-state index >= 15 is 0 Å². The van der Waals surface area contributed by atoms with Crippen molar-refractivity contribution < 1.29 is 4.39 Å². The van der Waals surface area contributed by atoms with E-state index in [4.69, 9.17) is 0 Å². The number of hydrogen-bond acceptors (Lipinski definition) is 2. The fourth-order valence-electron chi connectivity index (χ4n) is 1.84. The lowest BCUT2D eigenvalue weighted by Gasteiger charge is -2.11. The molecule has 0 spiro atoms. The lowest BCUT2D eigenvalue weighted by Crippen LogP contribution is -2.01. The smallest absolute Gasteiger partial charge is 0.126 e.